The normalized spacial score (nSPS) is 10.9. The molecule has 3 aromatic rings. The van der Waals surface area contributed by atoms with Crippen LogP contribution in [0.1, 0.15) is 5.56 Å². The zero-order valence-corrected chi connectivity index (χ0v) is 11.4. The van der Waals surface area contributed by atoms with Crippen molar-refractivity contribution in [2.45, 2.75) is 6.54 Å². The Labute approximate surface area is 114 Å². The van der Waals surface area contributed by atoms with E-state index in [0.29, 0.717) is 0 Å². The first-order valence-corrected chi connectivity index (χ1v) is 6.62. The number of nitrogens with two attached hydrogens (primary N) is 1. The van der Waals surface area contributed by atoms with Crippen molar-refractivity contribution >= 4 is 32.5 Å². The number of halogens is 1. The van der Waals surface area contributed by atoms with Crippen molar-refractivity contribution in [3.8, 4) is 0 Å². The van der Waals surface area contributed by atoms with Gasteiger partial charge in [0.1, 0.15) is 0 Å². The molecular formula is C15H13BrN2. The molecule has 1 heterocycles. The lowest BCUT2D eigenvalue weighted by atomic mass is 10.2. The second-order valence-corrected chi connectivity index (χ2v) is 5.17. The number of nitrogen functional groups attached to an aromatic ring is 1. The molecule has 2 nitrogen and oxygen atoms in total. The van der Waals surface area contributed by atoms with Crippen LogP contribution < -0.4 is 5.73 Å². The van der Waals surface area contributed by atoms with Crippen LogP contribution in [0.15, 0.2) is 59.2 Å². The van der Waals surface area contributed by atoms with Gasteiger partial charge in [-0.25, -0.2) is 0 Å². The maximum absolute atomic E-state index is 5.99. The number of aromatic nitrogens is 1. The van der Waals surface area contributed by atoms with Crippen molar-refractivity contribution < 1.29 is 0 Å². The number of hydrogen-bond acceptors (Lipinski definition) is 1. The average Bonchev–Trinajstić information content (AvgIpc) is 2.77. The van der Waals surface area contributed by atoms with Gasteiger partial charge in [-0.05, 0) is 29.8 Å². The first kappa shape index (κ1) is 11.4. The molecule has 2 aromatic carbocycles. The summed E-state index contributed by atoms with van der Waals surface area (Å²) in [6.07, 6.45) is 2.10. The summed E-state index contributed by atoms with van der Waals surface area (Å²) < 4.78 is 3.34. The fourth-order valence-corrected chi connectivity index (χ4v) is 2.67. The highest BCUT2D eigenvalue weighted by molar-refractivity contribution is 9.10. The average molecular weight is 301 g/mol. The number of benzene rings is 2. The Kier molecular flexibility index (Phi) is 2.84. The fraction of sp³-hybridized carbons (Fsp3) is 0.0667. The van der Waals surface area contributed by atoms with Crippen LogP contribution in [0, 0.1) is 0 Å². The zero-order chi connectivity index (χ0) is 12.5. The maximum atomic E-state index is 5.99. The lowest BCUT2D eigenvalue weighted by Gasteiger charge is -2.08. The summed E-state index contributed by atoms with van der Waals surface area (Å²) in [4.78, 5) is 0. The van der Waals surface area contributed by atoms with Gasteiger partial charge in [0.2, 0.25) is 0 Å². The topological polar surface area (TPSA) is 30.9 Å². The van der Waals surface area contributed by atoms with E-state index in [0.717, 1.165) is 22.3 Å². The molecular weight excluding hydrogens is 288 g/mol. The Balaban J connectivity index is 2.06. The highest BCUT2D eigenvalue weighted by Gasteiger charge is 2.05. The minimum absolute atomic E-state index is 0.798. The highest BCUT2D eigenvalue weighted by atomic mass is 79.9. The predicted molar refractivity (Wildman–Crippen MR) is 79.6 cm³/mol. The molecule has 0 unspecified atom stereocenters. The van der Waals surface area contributed by atoms with Gasteiger partial charge in [0.05, 0.1) is 0 Å². The highest BCUT2D eigenvalue weighted by Crippen LogP contribution is 2.25. The molecule has 0 saturated carbocycles. The minimum Gasteiger partial charge on any atom is -0.398 e. The molecule has 2 N–H and O–H groups in total. The fourth-order valence-electron chi connectivity index (χ4n) is 2.19. The molecule has 0 aliphatic heterocycles. The van der Waals surface area contributed by atoms with Crippen LogP contribution in [0.4, 0.5) is 5.69 Å². The third kappa shape index (κ3) is 1.91. The molecule has 0 aliphatic carbocycles. The Bertz CT molecular complexity index is 701. The summed E-state index contributed by atoms with van der Waals surface area (Å²) in [7, 11) is 0. The van der Waals surface area contributed by atoms with Crippen LogP contribution in [0.3, 0.4) is 0 Å². The number of rotatable bonds is 2. The molecule has 0 spiro atoms. The molecule has 3 rings (SSSR count). The first-order chi connectivity index (χ1) is 8.75. The summed E-state index contributed by atoms with van der Waals surface area (Å²) >= 11 is 3.57. The van der Waals surface area contributed by atoms with Gasteiger partial charge in [-0.2, -0.15) is 0 Å². The SMILES string of the molecule is Nc1ccccc1Cn1ccc2c(Br)cccc21. The number of para-hydroxylation sites is 1. The second kappa shape index (κ2) is 4.50. The predicted octanol–water partition coefficient (Wildman–Crippen LogP) is 4.03. The molecule has 0 amide bonds. The van der Waals surface area contributed by atoms with Crippen LogP contribution in [-0.4, -0.2) is 4.57 Å². The van der Waals surface area contributed by atoms with E-state index >= 15 is 0 Å². The van der Waals surface area contributed by atoms with E-state index in [4.69, 9.17) is 5.73 Å². The van der Waals surface area contributed by atoms with Crippen molar-refractivity contribution in [1.82, 2.24) is 4.57 Å². The van der Waals surface area contributed by atoms with Gasteiger partial charge in [-0.3, -0.25) is 0 Å². The monoisotopic (exact) mass is 300 g/mol. The third-order valence-electron chi connectivity index (χ3n) is 3.16. The molecule has 0 atom stereocenters. The number of fused-ring (bicyclic) bond motifs is 1. The standard InChI is InChI=1S/C15H13BrN2/c16-13-5-3-7-15-12(13)8-9-18(15)10-11-4-1-2-6-14(11)17/h1-9H,10,17H2. The van der Waals surface area contributed by atoms with Gasteiger partial charge in [0.25, 0.3) is 0 Å². The summed E-state index contributed by atoms with van der Waals surface area (Å²) in [5.41, 5.74) is 9.19. The van der Waals surface area contributed by atoms with E-state index in [-0.39, 0.29) is 0 Å². The van der Waals surface area contributed by atoms with Crippen molar-refractivity contribution in [1.29, 1.82) is 0 Å². The number of hydrogen-bond donors (Lipinski definition) is 1. The molecule has 0 saturated heterocycles. The van der Waals surface area contributed by atoms with Crippen molar-refractivity contribution in [2.24, 2.45) is 0 Å². The number of nitrogens with zero attached hydrogens (tertiary/aromatic N) is 1. The van der Waals surface area contributed by atoms with Crippen LogP contribution >= 0.6 is 15.9 Å². The Morgan fingerprint density at radius 3 is 2.67 bits per heavy atom. The largest absolute Gasteiger partial charge is 0.398 e. The molecule has 1 aromatic heterocycles. The molecule has 0 fully saturated rings. The van der Waals surface area contributed by atoms with E-state index in [2.05, 4.69) is 57.0 Å². The Morgan fingerprint density at radius 2 is 1.83 bits per heavy atom. The lowest BCUT2D eigenvalue weighted by Crippen LogP contribution is -2.01. The van der Waals surface area contributed by atoms with Crippen molar-refractivity contribution in [3.05, 3.63) is 64.8 Å². The van der Waals surface area contributed by atoms with E-state index in [9.17, 15) is 0 Å². The van der Waals surface area contributed by atoms with Crippen LogP contribution in [-0.2, 0) is 6.54 Å². The summed E-state index contributed by atoms with van der Waals surface area (Å²) in [6.45, 7) is 0.798. The van der Waals surface area contributed by atoms with Crippen molar-refractivity contribution in [3.63, 3.8) is 0 Å². The molecule has 3 heteroatoms. The quantitative estimate of drug-likeness (QED) is 0.712. The van der Waals surface area contributed by atoms with Gasteiger partial charge >= 0.3 is 0 Å². The van der Waals surface area contributed by atoms with Gasteiger partial charge in [0, 0.05) is 33.8 Å². The molecule has 0 aliphatic rings. The Hall–Kier alpha value is -1.74. The minimum atomic E-state index is 0.798. The second-order valence-electron chi connectivity index (χ2n) is 4.32. The smallest absolute Gasteiger partial charge is 0.0496 e. The van der Waals surface area contributed by atoms with Gasteiger partial charge in [-0.15, -0.1) is 0 Å². The van der Waals surface area contributed by atoms with E-state index in [1.165, 1.54) is 10.9 Å². The lowest BCUT2D eigenvalue weighted by molar-refractivity contribution is 0.839. The van der Waals surface area contributed by atoms with Crippen LogP contribution in [0.2, 0.25) is 0 Å². The van der Waals surface area contributed by atoms with E-state index < -0.39 is 0 Å². The van der Waals surface area contributed by atoms with Crippen LogP contribution in [0.5, 0.6) is 0 Å². The van der Waals surface area contributed by atoms with E-state index in [1.807, 2.05) is 18.2 Å². The molecule has 90 valence electrons. The molecule has 0 bridgehead atoms. The summed E-state index contributed by atoms with van der Waals surface area (Å²) in [5, 5.41) is 1.23. The van der Waals surface area contributed by atoms with Gasteiger partial charge in [0.15, 0.2) is 0 Å². The van der Waals surface area contributed by atoms with Crippen molar-refractivity contribution in [2.75, 3.05) is 5.73 Å². The third-order valence-corrected chi connectivity index (χ3v) is 3.85. The van der Waals surface area contributed by atoms with Gasteiger partial charge < -0.3 is 10.3 Å². The zero-order valence-electron chi connectivity index (χ0n) is 9.81. The molecule has 0 radical (unpaired) electrons. The maximum Gasteiger partial charge on any atom is 0.0496 e. The Morgan fingerprint density at radius 1 is 1.00 bits per heavy atom. The summed E-state index contributed by atoms with van der Waals surface area (Å²) in [5.74, 6) is 0. The van der Waals surface area contributed by atoms with Crippen LogP contribution in [0.25, 0.3) is 10.9 Å². The molecule has 18 heavy (non-hydrogen) atoms. The van der Waals surface area contributed by atoms with Gasteiger partial charge in [-0.1, -0.05) is 40.2 Å². The van der Waals surface area contributed by atoms with E-state index in [1.54, 1.807) is 0 Å². The first-order valence-electron chi connectivity index (χ1n) is 5.82. The number of anilines is 1. The summed E-state index contributed by atoms with van der Waals surface area (Å²) in [6, 6.07) is 16.4.